The van der Waals surface area contributed by atoms with Gasteiger partial charge in [0, 0.05) is 12.3 Å². The second-order valence-electron chi connectivity index (χ2n) is 4.08. The van der Waals surface area contributed by atoms with E-state index in [2.05, 4.69) is 15.3 Å². The van der Waals surface area contributed by atoms with Crippen molar-refractivity contribution in [2.45, 2.75) is 25.9 Å². The summed E-state index contributed by atoms with van der Waals surface area (Å²) in [5, 5.41) is 3.18. The molecule has 1 fully saturated rings. The number of hydrogen-bond donors (Lipinski definition) is 1. The molecule has 0 radical (unpaired) electrons. The summed E-state index contributed by atoms with van der Waals surface area (Å²) >= 11 is 0. The SMILES string of the molecule is CNCC1CC(Oc2ccnc(C)n2)C1. The molecule has 0 amide bonds. The number of nitrogens with one attached hydrogen (secondary N) is 1. The fraction of sp³-hybridized carbons (Fsp3) is 0.636. The number of ether oxygens (including phenoxy) is 1. The molecule has 0 aromatic carbocycles. The smallest absolute Gasteiger partial charge is 0.216 e. The van der Waals surface area contributed by atoms with E-state index in [1.807, 2.05) is 20.0 Å². The molecule has 2 rings (SSSR count). The summed E-state index contributed by atoms with van der Waals surface area (Å²) in [4.78, 5) is 8.25. The maximum absolute atomic E-state index is 5.73. The molecule has 0 aliphatic heterocycles. The van der Waals surface area contributed by atoms with Crippen LogP contribution in [0.4, 0.5) is 0 Å². The van der Waals surface area contributed by atoms with Gasteiger partial charge in [-0.2, -0.15) is 4.98 Å². The molecule has 1 aromatic heterocycles. The molecular formula is C11H17N3O. The van der Waals surface area contributed by atoms with Gasteiger partial charge >= 0.3 is 0 Å². The predicted octanol–water partition coefficient (Wildman–Crippen LogP) is 1.16. The molecule has 1 saturated carbocycles. The zero-order valence-electron chi connectivity index (χ0n) is 9.23. The van der Waals surface area contributed by atoms with E-state index in [1.54, 1.807) is 6.20 Å². The minimum atomic E-state index is 0.345. The molecule has 1 aliphatic rings. The Kier molecular flexibility index (Phi) is 3.16. The molecule has 0 bridgehead atoms. The second kappa shape index (κ2) is 4.57. The van der Waals surface area contributed by atoms with E-state index < -0.39 is 0 Å². The van der Waals surface area contributed by atoms with Gasteiger partial charge in [0.25, 0.3) is 0 Å². The first kappa shape index (κ1) is 10.4. The molecule has 15 heavy (non-hydrogen) atoms. The highest BCUT2D eigenvalue weighted by Crippen LogP contribution is 2.29. The maximum atomic E-state index is 5.73. The zero-order valence-corrected chi connectivity index (χ0v) is 9.23. The topological polar surface area (TPSA) is 47.0 Å². The second-order valence-corrected chi connectivity index (χ2v) is 4.08. The highest BCUT2D eigenvalue weighted by Gasteiger charge is 2.30. The number of hydrogen-bond acceptors (Lipinski definition) is 4. The van der Waals surface area contributed by atoms with Gasteiger partial charge < -0.3 is 10.1 Å². The lowest BCUT2D eigenvalue weighted by molar-refractivity contribution is 0.0614. The first-order valence-electron chi connectivity index (χ1n) is 5.39. The Labute approximate surface area is 90.1 Å². The summed E-state index contributed by atoms with van der Waals surface area (Å²) in [6.07, 6.45) is 4.34. The highest BCUT2D eigenvalue weighted by atomic mass is 16.5. The van der Waals surface area contributed by atoms with Gasteiger partial charge in [-0.05, 0) is 39.3 Å². The minimum absolute atomic E-state index is 0.345. The highest BCUT2D eigenvalue weighted by molar-refractivity contribution is 5.09. The van der Waals surface area contributed by atoms with Crippen LogP contribution in [0.15, 0.2) is 12.3 Å². The van der Waals surface area contributed by atoms with Crippen LogP contribution in [0.2, 0.25) is 0 Å². The summed E-state index contributed by atoms with van der Waals surface area (Å²) in [5.41, 5.74) is 0. The van der Waals surface area contributed by atoms with Crippen molar-refractivity contribution in [1.29, 1.82) is 0 Å². The van der Waals surface area contributed by atoms with Crippen LogP contribution < -0.4 is 10.1 Å². The van der Waals surface area contributed by atoms with Crippen LogP contribution in [0.3, 0.4) is 0 Å². The van der Waals surface area contributed by atoms with Crippen LogP contribution in [-0.2, 0) is 0 Å². The van der Waals surface area contributed by atoms with E-state index in [0.29, 0.717) is 12.0 Å². The molecule has 4 nitrogen and oxygen atoms in total. The minimum Gasteiger partial charge on any atom is -0.474 e. The Morgan fingerprint density at radius 2 is 2.33 bits per heavy atom. The van der Waals surface area contributed by atoms with E-state index in [1.165, 1.54) is 0 Å². The van der Waals surface area contributed by atoms with Crippen molar-refractivity contribution in [3.63, 3.8) is 0 Å². The fourth-order valence-electron chi connectivity index (χ4n) is 1.90. The molecule has 1 aromatic rings. The van der Waals surface area contributed by atoms with Crippen molar-refractivity contribution in [2.75, 3.05) is 13.6 Å². The van der Waals surface area contributed by atoms with Crippen molar-refractivity contribution in [2.24, 2.45) is 5.92 Å². The molecule has 0 saturated heterocycles. The van der Waals surface area contributed by atoms with E-state index in [-0.39, 0.29) is 0 Å². The van der Waals surface area contributed by atoms with Gasteiger partial charge in [-0.25, -0.2) is 4.98 Å². The van der Waals surface area contributed by atoms with Crippen LogP contribution in [-0.4, -0.2) is 29.7 Å². The van der Waals surface area contributed by atoms with Crippen LogP contribution in [0.1, 0.15) is 18.7 Å². The predicted molar refractivity (Wildman–Crippen MR) is 57.8 cm³/mol. The van der Waals surface area contributed by atoms with Crippen LogP contribution in [0.5, 0.6) is 5.88 Å². The number of aryl methyl sites for hydroxylation is 1. The molecule has 0 unspecified atom stereocenters. The number of rotatable bonds is 4. The third kappa shape index (κ3) is 2.65. The average Bonchev–Trinajstić information content (AvgIpc) is 2.15. The lowest BCUT2D eigenvalue weighted by Gasteiger charge is -2.34. The van der Waals surface area contributed by atoms with Gasteiger partial charge in [0.15, 0.2) is 0 Å². The Hall–Kier alpha value is -1.16. The van der Waals surface area contributed by atoms with Crippen LogP contribution in [0.25, 0.3) is 0 Å². The zero-order chi connectivity index (χ0) is 10.7. The van der Waals surface area contributed by atoms with Gasteiger partial charge in [-0.15, -0.1) is 0 Å². The van der Waals surface area contributed by atoms with Gasteiger partial charge in [0.2, 0.25) is 5.88 Å². The Morgan fingerprint density at radius 3 is 3.00 bits per heavy atom. The summed E-state index contributed by atoms with van der Waals surface area (Å²) < 4.78 is 5.73. The van der Waals surface area contributed by atoms with Crippen molar-refractivity contribution in [3.05, 3.63) is 18.1 Å². The van der Waals surface area contributed by atoms with E-state index in [0.717, 1.165) is 31.1 Å². The maximum Gasteiger partial charge on any atom is 0.216 e. The third-order valence-electron chi connectivity index (χ3n) is 2.72. The van der Waals surface area contributed by atoms with Crippen LogP contribution >= 0.6 is 0 Å². The van der Waals surface area contributed by atoms with Crippen LogP contribution in [0, 0.1) is 12.8 Å². The number of aromatic nitrogens is 2. The van der Waals surface area contributed by atoms with E-state index in [9.17, 15) is 0 Å². The van der Waals surface area contributed by atoms with Crippen molar-refractivity contribution in [3.8, 4) is 5.88 Å². The summed E-state index contributed by atoms with van der Waals surface area (Å²) in [6, 6.07) is 1.82. The lowest BCUT2D eigenvalue weighted by Crippen LogP contribution is -2.38. The molecular weight excluding hydrogens is 190 g/mol. The molecule has 1 heterocycles. The van der Waals surface area contributed by atoms with E-state index in [4.69, 9.17) is 4.74 Å². The lowest BCUT2D eigenvalue weighted by atomic mass is 9.82. The normalized spacial score (nSPS) is 24.7. The summed E-state index contributed by atoms with van der Waals surface area (Å²) in [6.45, 7) is 2.96. The summed E-state index contributed by atoms with van der Waals surface area (Å²) in [5.74, 6) is 2.23. The van der Waals surface area contributed by atoms with Gasteiger partial charge in [-0.1, -0.05) is 0 Å². The largest absolute Gasteiger partial charge is 0.474 e. The molecule has 4 heteroatoms. The molecule has 1 aliphatic carbocycles. The van der Waals surface area contributed by atoms with Gasteiger partial charge in [0.05, 0.1) is 0 Å². The fourth-order valence-corrected chi connectivity index (χ4v) is 1.90. The Bertz CT molecular complexity index is 323. The van der Waals surface area contributed by atoms with Crippen molar-refractivity contribution in [1.82, 2.24) is 15.3 Å². The van der Waals surface area contributed by atoms with Gasteiger partial charge in [0.1, 0.15) is 11.9 Å². The molecule has 0 spiro atoms. The monoisotopic (exact) mass is 207 g/mol. The van der Waals surface area contributed by atoms with Crippen molar-refractivity contribution >= 4 is 0 Å². The standard InChI is InChI=1S/C11H17N3O/c1-8-13-4-3-11(14-8)15-10-5-9(6-10)7-12-2/h3-4,9-10,12H,5-7H2,1-2H3. The Morgan fingerprint density at radius 1 is 1.53 bits per heavy atom. The van der Waals surface area contributed by atoms with E-state index >= 15 is 0 Å². The first-order chi connectivity index (χ1) is 7.28. The van der Waals surface area contributed by atoms with Crippen molar-refractivity contribution < 1.29 is 4.74 Å². The molecule has 0 atom stereocenters. The quantitative estimate of drug-likeness (QED) is 0.805. The van der Waals surface area contributed by atoms with Gasteiger partial charge in [-0.3, -0.25) is 0 Å². The summed E-state index contributed by atoms with van der Waals surface area (Å²) in [7, 11) is 1.99. The third-order valence-corrected chi connectivity index (χ3v) is 2.72. The molecule has 1 N–H and O–H groups in total. The first-order valence-corrected chi connectivity index (χ1v) is 5.39. The Balaban J connectivity index is 1.80. The number of nitrogens with zero attached hydrogens (tertiary/aromatic N) is 2. The molecule has 82 valence electrons. The average molecular weight is 207 g/mol.